The minimum Gasteiger partial charge on any atom is -0.382 e. The number of unbranched alkanes of at least 4 members (excludes halogenated alkanes) is 3. The molecule has 1 atom stereocenters. The summed E-state index contributed by atoms with van der Waals surface area (Å²) in [6.07, 6.45) is 6.45. The molecule has 0 aromatic rings. The topological polar surface area (TPSA) is 30.5 Å². The summed E-state index contributed by atoms with van der Waals surface area (Å²) in [7, 11) is 1.68. The molecule has 14 heavy (non-hydrogen) atoms. The average molecular weight is 203 g/mol. The Morgan fingerprint density at radius 2 is 1.93 bits per heavy atom. The van der Waals surface area contributed by atoms with Gasteiger partial charge in [0.25, 0.3) is 0 Å². The third kappa shape index (κ3) is 9.96. The van der Waals surface area contributed by atoms with Crippen molar-refractivity contribution in [3.8, 4) is 0 Å². The summed E-state index contributed by atoms with van der Waals surface area (Å²) in [6.45, 7) is 5.65. The molecule has 1 N–H and O–H groups in total. The molecule has 1 unspecified atom stereocenters. The van der Waals surface area contributed by atoms with Crippen molar-refractivity contribution in [2.45, 2.75) is 52.0 Å². The molecule has 0 aromatic carbocycles. The van der Waals surface area contributed by atoms with E-state index >= 15 is 0 Å². The molecule has 3 nitrogen and oxygen atoms in total. The standard InChI is InChI=1S/C11H25NO2/c1-4-5-6-7-8-11(2)12-14-10-9-13-3/h11-12H,4-10H2,1-3H3. The number of methoxy groups -OCH3 is 1. The van der Waals surface area contributed by atoms with Gasteiger partial charge in [-0.15, -0.1) is 0 Å². The summed E-state index contributed by atoms with van der Waals surface area (Å²) in [5, 5.41) is 0. The van der Waals surface area contributed by atoms with Crippen molar-refractivity contribution < 1.29 is 9.57 Å². The monoisotopic (exact) mass is 203 g/mol. The minimum absolute atomic E-state index is 0.448. The van der Waals surface area contributed by atoms with Crippen molar-refractivity contribution in [1.82, 2.24) is 5.48 Å². The first kappa shape index (κ1) is 13.9. The van der Waals surface area contributed by atoms with Crippen LogP contribution >= 0.6 is 0 Å². The molecular formula is C11H25NO2. The average Bonchev–Trinajstić information content (AvgIpc) is 2.19. The zero-order valence-corrected chi connectivity index (χ0v) is 9.84. The lowest BCUT2D eigenvalue weighted by Gasteiger charge is -2.13. The highest BCUT2D eigenvalue weighted by Gasteiger charge is 2.00. The predicted octanol–water partition coefficient (Wildman–Crippen LogP) is 2.51. The Kier molecular flexibility index (Phi) is 10.9. The van der Waals surface area contributed by atoms with Gasteiger partial charge in [0.2, 0.25) is 0 Å². The summed E-state index contributed by atoms with van der Waals surface area (Å²) >= 11 is 0. The molecule has 0 aliphatic rings. The lowest BCUT2D eigenvalue weighted by atomic mass is 10.1. The molecule has 0 aromatic heterocycles. The lowest BCUT2D eigenvalue weighted by molar-refractivity contribution is -0.0104. The molecule has 0 spiro atoms. The minimum atomic E-state index is 0.448. The van der Waals surface area contributed by atoms with Gasteiger partial charge < -0.3 is 4.74 Å². The van der Waals surface area contributed by atoms with E-state index in [1.54, 1.807) is 7.11 Å². The van der Waals surface area contributed by atoms with Crippen LogP contribution in [-0.2, 0) is 9.57 Å². The Bertz CT molecular complexity index is 97.5. The molecule has 0 aliphatic heterocycles. The van der Waals surface area contributed by atoms with E-state index in [-0.39, 0.29) is 0 Å². The second-order valence-corrected chi connectivity index (χ2v) is 3.71. The first-order chi connectivity index (χ1) is 6.81. The molecule has 86 valence electrons. The highest BCUT2D eigenvalue weighted by atomic mass is 16.7. The third-order valence-electron chi connectivity index (χ3n) is 2.16. The maximum atomic E-state index is 5.22. The number of hydrogen-bond donors (Lipinski definition) is 1. The van der Waals surface area contributed by atoms with Gasteiger partial charge in [0.05, 0.1) is 13.2 Å². The molecule has 0 radical (unpaired) electrons. The molecule has 0 rings (SSSR count). The number of ether oxygens (including phenoxy) is 1. The molecule has 3 heteroatoms. The van der Waals surface area contributed by atoms with Gasteiger partial charge in [-0.1, -0.05) is 32.6 Å². The van der Waals surface area contributed by atoms with Gasteiger partial charge in [-0.05, 0) is 13.3 Å². The van der Waals surface area contributed by atoms with Crippen LogP contribution in [0.25, 0.3) is 0 Å². The van der Waals surface area contributed by atoms with E-state index in [9.17, 15) is 0 Å². The Hall–Kier alpha value is -0.120. The fraction of sp³-hybridized carbons (Fsp3) is 1.00. The number of rotatable bonds is 10. The number of hydroxylamine groups is 1. The van der Waals surface area contributed by atoms with Crippen molar-refractivity contribution in [1.29, 1.82) is 0 Å². The Morgan fingerprint density at radius 3 is 2.57 bits per heavy atom. The van der Waals surface area contributed by atoms with E-state index in [0.717, 1.165) is 0 Å². The first-order valence-electron chi connectivity index (χ1n) is 5.67. The van der Waals surface area contributed by atoms with Crippen molar-refractivity contribution in [2.24, 2.45) is 0 Å². The van der Waals surface area contributed by atoms with E-state index in [4.69, 9.17) is 9.57 Å². The Morgan fingerprint density at radius 1 is 1.14 bits per heavy atom. The highest BCUT2D eigenvalue weighted by Crippen LogP contribution is 2.04. The molecule has 0 aliphatic carbocycles. The van der Waals surface area contributed by atoms with Crippen molar-refractivity contribution >= 4 is 0 Å². The van der Waals surface area contributed by atoms with Crippen molar-refractivity contribution in [3.05, 3.63) is 0 Å². The molecular weight excluding hydrogens is 178 g/mol. The quantitative estimate of drug-likeness (QED) is 0.437. The molecule has 0 bridgehead atoms. The summed E-state index contributed by atoms with van der Waals surface area (Å²) < 4.78 is 4.87. The van der Waals surface area contributed by atoms with Crippen LogP contribution < -0.4 is 5.48 Å². The maximum absolute atomic E-state index is 5.22. The number of nitrogens with one attached hydrogen (secondary N) is 1. The zero-order chi connectivity index (χ0) is 10.6. The van der Waals surface area contributed by atoms with E-state index in [1.807, 2.05) is 0 Å². The smallest absolute Gasteiger partial charge is 0.0915 e. The van der Waals surface area contributed by atoms with Gasteiger partial charge in [0, 0.05) is 13.2 Å². The van der Waals surface area contributed by atoms with Crippen LogP contribution in [0.4, 0.5) is 0 Å². The van der Waals surface area contributed by atoms with Crippen LogP contribution in [0.1, 0.15) is 46.0 Å². The second kappa shape index (κ2) is 11.0. The Balaban J connectivity index is 3.07. The number of hydrogen-bond acceptors (Lipinski definition) is 3. The predicted molar refractivity (Wildman–Crippen MR) is 59.2 cm³/mol. The molecule has 0 saturated heterocycles. The summed E-state index contributed by atoms with van der Waals surface area (Å²) in [6, 6.07) is 0.448. The summed E-state index contributed by atoms with van der Waals surface area (Å²) in [5.74, 6) is 0. The van der Waals surface area contributed by atoms with Crippen LogP contribution in [0.5, 0.6) is 0 Å². The molecule has 0 fully saturated rings. The largest absolute Gasteiger partial charge is 0.382 e. The molecule has 0 saturated carbocycles. The van der Waals surface area contributed by atoms with Crippen LogP contribution in [0.3, 0.4) is 0 Å². The van der Waals surface area contributed by atoms with Gasteiger partial charge in [0.1, 0.15) is 0 Å². The molecule has 0 amide bonds. The van der Waals surface area contributed by atoms with E-state index in [1.165, 1.54) is 32.1 Å². The van der Waals surface area contributed by atoms with Gasteiger partial charge >= 0.3 is 0 Å². The highest BCUT2D eigenvalue weighted by molar-refractivity contribution is 4.54. The second-order valence-electron chi connectivity index (χ2n) is 3.71. The summed E-state index contributed by atoms with van der Waals surface area (Å²) in [5.41, 5.74) is 3.01. The van der Waals surface area contributed by atoms with Crippen LogP contribution in [0.15, 0.2) is 0 Å². The normalized spacial score (nSPS) is 13.1. The van der Waals surface area contributed by atoms with Crippen molar-refractivity contribution in [2.75, 3.05) is 20.3 Å². The van der Waals surface area contributed by atoms with Gasteiger partial charge in [-0.25, -0.2) is 0 Å². The van der Waals surface area contributed by atoms with Gasteiger partial charge in [-0.3, -0.25) is 4.84 Å². The first-order valence-corrected chi connectivity index (χ1v) is 5.67. The molecule has 0 heterocycles. The summed E-state index contributed by atoms with van der Waals surface area (Å²) in [4.78, 5) is 5.22. The van der Waals surface area contributed by atoms with E-state index < -0.39 is 0 Å². The third-order valence-corrected chi connectivity index (χ3v) is 2.16. The van der Waals surface area contributed by atoms with E-state index in [2.05, 4.69) is 19.3 Å². The fourth-order valence-corrected chi connectivity index (χ4v) is 1.26. The van der Waals surface area contributed by atoms with Crippen molar-refractivity contribution in [3.63, 3.8) is 0 Å². The Labute approximate surface area is 88.1 Å². The van der Waals surface area contributed by atoms with E-state index in [0.29, 0.717) is 19.3 Å². The van der Waals surface area contributed by atoms with Crippen LogP contribution in [0.2, 0.25) is 0 Å². The maximum Gasteiger partial charge on any atom is 0.0915 e. The SMILES string of the molecule is CCCCCCC(C)NOCCOC. The lowest BCUT2D eigenvalue weighted by Crippen LogP contribution is -2.27. The van der Waals surface area contributed by atoms with Gasteiger partial charge in [-0.2, -0.15) is 5.48 Å². The van der Waals surface area contributed by atoms with Gasteiger partial charge in [0.15, 0.2) is 0 Å². The fourth-order valence-electron chi connectivity index (χ4n) is 1.26. The van der Waals surface area contributed by atoms with Crippen LogP contribution in [0, 0.1) is 0 Å². The van der Waals surface area contributed by atoms with Crippen LogP contribution in [-0.4, -0.2) is 26.4 Å². The zero-order valence-electron chi connectivity index (χ0n) is 9.84.